The van der Waals surface area contributed by atoms with Crippen LogP contribution >= 0.6 is 23.4 Å². The molecule has 0 saturated carbocycles. The van der Waals surface area contributed by atoms with E-state index in [1.54, 1.807) is 24.3 Å². The minimum Gasteiger partial charge on any atom is -0.495 e. The second-order valence-electron chi connectivity index (χ2n) is 5.20. The summed E-state index contributed by atoms with van der Waals surface area (Å²) >= 11 is 7.00. The Morgan fingerprint density at radius 1 is 1.20 bits per heavy atom. The van der Waals surface area contributed by atoms with Crippen molar-refractivity contribution in [3.63, 3.8) is 0 Å². The van der Waals surface area contributed by atoms with Gasteiger partial charge in [-0.05, 0) is 41.6 Å². The lowest BCUT2D eigenvalue weighted by atomic mass is 10.2. The van der Waals surface area contributed by atoms with E-state index in [9.17, 15) is 9.59 Å². The molecular formula is C18H15ClN2O3S. The third kappa shape index (κ3) is 3.97. The SMILES string of the molecule is COc1ccc(NCN2C(=O)S/C(=C\c3ccccc3)C2=O)cc1Cl. The van der Waals surface area contributed by atoms with Gasteiger partial charge in [-0.25, -0.2) is 0 Å². The predicted octanol–water partition coefficient (Wildman–Crippen LogP) is 4.45. The second kappa shape index (κ2) is 7.63. The Kier molecular flexibility index (Phi) is 5.31. The molecule has 0 unspecified atom stereocenters. The standard InChI is InChI=1S/C18H15ClN2O3S/c1-24-15-8-7-13(10-14(15)19)20-11-21-17(22)16(25-18(21)23)9-12-5-3-2-4-6-12/h2-10,20H,11H2,1H3/b16-9-. The summed E-state index contributed by atoms with van der Waals surface area (Å²) in [7, 11) is 1.54. The highest BCUT2D eigenvalue weighted by molar-refractivity contribution is 8.18. The highest BCUT2D eigenvalue weighted by atomic mass is 35.5. The molecule has 2 aromatic carbocycles. The minimum absolute atomic E-state index is 0.0689. The maximum Gasteiger partial charge on any atom is 0.295 e. The molecule has 3 rings (SSSR count). The van der Waals surface area contributed by atoms with E-state index in [1.165, 1.54) is 7.11 Å². The van der Waals surface area contributed by atoms with E-state index in [-0.39, 0.29) is 17.8 Å². The summed E-state index contributed by atoms with van der Waals surface area (Å²) in [5, 5.41) is 3.17. The average molecular weight is 375 g/mol. The zero-order valence-corrected chi connectivity index (χ0v) is 14.9. The maximum absolute atomic E-state index is 12.4. The van der Waals surface area contributed by atoms with Crippen LogP contribution in [-0.2, 0) is 4.79 Å². The van der Waals surface area contributed by atoms with Crippen molar-refractivity contribution in [1.82, 2.24) is 4.90 Å². The number of hydrogen-bond donors (Lipinski definition) is 1. The zero-order valence-electron chi connectivity index (χ0n) is 13.4. The van der Waals surface area contributed by atoms with Crippen molar-refractivity contribution < 1.29 is 14.3 Å². The first-order valence-corrected chi connectivity index (χ1v) is 8.66. The molecule has 0 aromatic heterocycles. The van der Waals surface area contributed by atoms with Gasteiger partial charge >= 0.3 is 0 Å². The fourth-order valence-electron chi connectivity index (χ4n) is 2.28. The minimum atomic E-state index is -0.314. The highest BCUT2D eigenvalue weighted by Crippen LogP contribution is 2.32. The summed E-state index contributed by atoms with van der Waals surface area (Å²) in [6.07, 6.45) is 1.72. The molecule has 0 radical (unpaired) electrons. The molecule has 2 amide bonds. The van der Waals surface area contributed by atoms with Crippen LogP contribution in [0.15, 0.2) is 53.4 Å². The number of methoxy groups -OCH3 is 1. The Morgan fingerprint density at radius 3 is 2.64 bits per heavy atom. The van der Waals surface area contributed by atoms with Crippen LogP contribution in [0.2, 0.25) is 5.02 Å². The van der Waals surface area contributed by atoms with Crippen LogP contribution in [0.5, 0.6) is 5.75 Å². The number of nitrogens with zero attached hydrogens (tertiary/aromatic N) is 1. The molecule has 1 aliphatic heterocycles. The molecule has 1 fully saturated rings. The molecule has 128 valence electrons. The van der Waals surface area contributed by atoms with Crippen molar-refractivity contribution in [2.24, 2.45) is 0 Å². The van der Waals surface area contributed by atoms with Crippen molar-refractivity contribution >= 4 is 46.3 Å². The van der Waals surface area contributed by atoms with Crippen LogP contribution in [0.25, 0.3) is 6.08 Å². The molecule has 1 heterocycles. The number of carbonyl (C=O) groups is 2. The highest BCUT2D eigenvalue weighted by Gasteiger charge is 2.34. The lowest BCUT2D eigenvalue weighted by Gasteiger charge is -2.15. The van der Waals surface area contributed by atoms with E-state index >= 15 is 0 Å². The Bertz CT molecular complexity index is 839. The maximum atomic E-state index is 12.4. The van der Waals surface area contributed by atoms with E-state index in [0.717, 1.165) is 22.2 Å². The van der Waals surface area contributed by atoms with Gasteiger partial charge in [0.25, 0.3) is 11.1 Å². The van der Waals surface area contributed by atoms with Gasteiger partial charge in [-0.1, -0.05) is 41.9 Å². The Labute approximate surface area is 154 Å². The van der Waals surface area contributed by atoms with Crippen molar-refractivity contribution in [2.45, 2.75) is 0 Å². The Balaban J connectivity index is 1.69. The summed E-state index contributed by atoms with van der Waals surface area (Å²) in [5.41, 5.74) is 1.57. The van der Waals surface area contributed by atoms with Gasteiger partial charge in [-0.2, -0.15) is 0 Å². The first kappa shape index (κ1) is 17.4. The third-order valence-electron chi connectivity index (χ3n) is 3.56. The molecule has 1 aliphatic rings. The van der Waals surface area contributed by atoms with Gasteiger partial charge < -0.3 is 10.1 Å². The lowest BCUT2D eigenvalue weighted by molar-refractivity contribution is -0.122. The van der Waals surface area contributed by atoms with Gasteiger partial charge in [0, 0.05) is 5.69 Å². The smallest absolute Gasteiger partial charge is 0.295 e. The van der Waals surface area contributed by atoms with Crippen LogP contribution < -0.4 is 10.1 Å². The molecule has 0 aliphatic carbocycles. The van der Waals surface area contributed by atoms with Crippen molar-refractivity contribution in [3.8, 4) is 5.75 Å². The van der Waals surface area contributed by atoms with Gasteiger partial charge in [0.15, 0.2) is 0 Å². The number of amides is 2. The number of anilines is 1. The van der Waals surface area contributed by atoms with Crippen LogP contribution in [0.3, 0.4) is 0 Å². The van der Waals surface area contributed by atoms with Crippen LogP contribution in [0, 0.1) is 0 Å². The molecule has 25 heavy (non-hydrogen) atoms. The van der Waals surface area contributed by atoms with Crippen molar-refractivity contribution in [3.05, 3.63) is 64.0 Å². The van der Waals surface area contributed by atoms with Gasteiger partial charge in [-0.3, -0.25) is 14.5 Å². The summed E-state index contributed by atoms with van der Waals surface area (Å²) in [6, 6.07) is 14.6. The van der Waals surface area contributed by atoms with E-state index in [1.807, 2.05) is 30.3 Å². The number of hydrogen-bond acceptors (Lipinski definition) is 5. The third-order valence-corrected chi connectivity index (χ3v) is 4.77. The molecule has 5 nitrogen and oxygen atoms in total. The summed E-state index contributed by atoms with van der Waals surface area (Å²) < 4.78 is 5.09. The number of thioether (sulfide) groups is 1. The molecule has 1 saturated heterocycles. The van der Waals surface area contributed by atoms with Gasteiger partial charge in [0.05, 0.1) is 23.7 Å². The van der Waals surface area contributed by atoms with Crippen molar-refractivity contribution in [2.75, 3.05) is 19.1 Å². The molecule has 1 N–H and O–H groups in total. The molecule has 0 spiro atoms. The van der Waals surface area contributed by atoms with E-state index in [2.05, 4.69) is 5.32 Å². The quantitative estimate of drug-likeness (QED) is 0.783. The number of imide groups is 1. The number of nitrogens with one attached hydrogen (secondary N) is 1. The molecular weight excluding hydrogens is 360 g/mol. The molecule has 2 aromatic rings. The largest absolute Gasteiger partial charge is 0.495 e. The lowest BCUT2D eigenvalue weighted by Crippen LogP contribution is -2.33. The van der Waals surface area contributed by atoms with Gasteiger partial charge in [0.1, 0.15) is 5.75 Å². The van der Waals surface area contributed by atoms with Crippen LogP contribution in [0.1, 0.15) is 5.56 Å². The fourth-order valence-corrected chi connectivity index (χ4v) is 3.38. The molecule has 0 atom stereocenters. The van der Waals surface area contributed by atoms with Crippen molar-refractivity contribution in [1.29, 1.82) is 0 Å². The first-order chi connectivity index (χ1) is 12.1. The Morgan fingerprint density at radius 2 is 1.96 bits per heavy atom. The second-order valence-corrected chi connectivity index (χ2v) is 6.61. The van der Waals surface area contributed by atoms with E-state index in [0.29, 0.717) is 21.4 Å². The van der Waals surface area contributed by atoms with Gasteiger partial charge in [0.2, 0.25) is 0 Å². The van der Waals surface area contributed by atoms with E-state index in [4.69, 9.17) is 16.3 Å². The zero-order chi connectivity index (χ0) is 17.8. The monoisotopic (exact) mass is 374 g/mol. The number of halogens is 1. The molecule has 7 heteroatoms. The van der Waals surface area contributed by atoms with Crippen LogP contribution in [-0.4, -0.2) is 29.8 Å². The first-order valence-electron chi connectivity index (χ1n) is 7.46. The number of ether oxygens (including phenoxy) is 1. The topological polar surface area (TPSA) is 58.6 Å². The molecule has 0 bridgehead atoms. The summed E-state index contributed by atoms with van der Waals surface area (Å²) in [5.74, 6) is 0.245. The number of rotatable bonds is 5. The summed E-state index contributed by atoms with van der Waals surface area (Å²) in [6.45, 7) is 0.0689. The summed E-state index contributed by atoms with van der Waals surface area (Å²) in [4.78, 5) is 26.1. The Hall–Kier alpha value is -2.44. The number of carbonyl (C=O) groups excluding carboxylic acids is 2. The van der Waals surface area contributed by atoms with E-state index < -0.39 is 0 Å². The van der Waals surface area contributed by atoms with Crippen LogP contribution in [0.4, 0.5) is 10.5 Å². The average Bonchev–Trinajstić information content (AvgIpc) is 2.87. The fraction of sp³-hybridized carbons (Fsp3) is 0.111. The normalized spacial score (nSPS) is 15.8. The van der Waals surface area contributed by atoms with Gasteiger partial charge in [-0.15, -0.1) is 0 Å². The predicted molar refractivity (Wildman–Crippen MR) is 101 cm³/mol. The number of benzene rings is 2.